The number of aliphatic hydroxyl groups excluding tert-OH is 2. The van der Waals surface area contributed by atoms with E-state index in [1.165, 1.54) is 257 Å². The lowest BCUT2D eigenvalue weighted by molar-refractivity contribution is -0.154. The van der Waals surface area contributed by atoms with Crippen LogP contribution in [0.25, 0.3) is 0 Å². The molecule has 0 amide bonds. The molecule has 0 aromatic rings. The van der Waals surface area contributed by atoms with Crippen LogP contribution < -0.4 is 0 Å². The first-order valence-corrected chi connectivity index (χ1v) is 30.5. The van der Waals surface area contributed by atoms with Gasteiger partial charge in [0.05, 0.1) is 26.4 Å². The van der Waals surface area contributed by atoms with Gasteiger partial charge in [0.15, 0.2) is 0 Å². The Labute approximate surface area is 409 Å². The van der Waals surface area contributed by atoms with Gasteiger partial charge in [0, 0.05) is 13.0 Å². The maximum atomic E-state index is 12.7. The monoisotopic (exact) mass is 961 g/mol. The summed E-state index contributed by atoms with van der Waals surface area (Å²) in [5, 5.41) is 18.5. The highest BCUT2D eigenvalue weighted by atomic mass is 31.2. The number of phosphoric acid groups is 1. The predicted octanol–water partition coefficient (Wildman–Crippen LogP) is 17.4. The van der Waals surface area contributed by atoms with Crippen molar-refractivity contribution in [1.29, 1.82) is 0 Å². The van der Waals surface area contributed by atoms with Crippen LogP contribution in [0.1, 0.15) is 309 Å². The largest absolute Gasteiger partial charge is 0.472 e. The highest BCUT2D eigenvalue weighted by Gasteiger charge is 2.26. The lowest BCUT2D eigenvalue weighted by Crippen LogP contribution is -2.29. The quantitative estimate of drug-likeness (QED) is 0.0310. The zero-order valence-corrected chi connectivity index (χ0v) is 44.8. The fraction of sp³-hybridized carbons (Fsp3) is 0.982. The fourth-order valence-corrected chi connectivity index (χ4v) is 9.68. The molecule has 66 heavy (non-hydrogen) atoms. The van der Waals surface area contributed by atoms with Crippen LogP contribution in [0.15, 0.2) is 0 Å². The Hall–Kier alpha value is -0.540. The molecule has 0 fully saturated rings. The summed E-state index contributed by atoms with van der Waals surface area (Å²) in [5.74, 6) is -0.371. The highest BCUT2D eigenvalue weighted by molar-refractivity contribution is 7.47. The summed E-state index contributed by atoms with van der Waals surface area (Å²) >= 11 is 0. The number of esters is 1. The van der Waals surface area contributed by atoms with Crippen molar-refractivity contribution in [3.8, 4) is 0 Å². The van der Waals surface area contributed by atoms with Crippen molar-refractivity contribution in [2.45, 2.75) is 321 Å². The zero-order valence-electron chi connectivity index (χ0n) is 44.0. The van der Waals surface area contributed by atoms with E-state index in [1.54, 1.807) is 0 Å². The Bertz CT molecular complexity index is 1000. The van der Waals surface area contributed by atoms with E-state index in [1.807, 2.05) is 0 Å². The fourth-order valence-electron chi connectivity index (χ4n) is 8.89. The van der Waals surface area contributed by atoms with Gasteiger partial charge in [-0.15, -0.1) is 0 Å². The van der Waals surface area contributed by atoms with E-state index in [-0.39, 0.29) is 25.6 Å². The number of phosphoric ester groups is 1. The summed E-state index contributed by atoms with van der Waals surface area (Å²) in [6.45, 7) is 3.62. The lowest BCUT2D eigenvalue weighted by atomic mass is 10.0. The molecule has 3 N–H and O–H groups in total. The lowest BCUT2D eigenvalue weighted by Gasteiger charge is -2.20. The Kier molecular flexibility index (Phi) is 53.4. The van der Waals surface area contributed by atoms with Gasteiger partial charge in [0.25, 0.3) is 0 Å². The summed E-state index contributed by atoms with van der Waals surface area (Å²) in [4.78, 5) is 22.8. The molecular weight excluding hydrogens is 848 g/mol. The van der Waals surface area contributed by atoms with E-state index in [4.69, 9.17) is 23.6 Å². The topological polar surface area (TPSA) is 132 Å². The van der Waals surface area contributed by atoms with Crippen molar-refractivity contribution in [1.82, 2.24) is 0 Å². The van der Waals surface area contributed by atoms with Crippen LogP contribution in [-0.4, -0.2) is 66.3 Å². The summed E-state index contributed by atoms with van der Waals surface area (Å²) in [6, 6.07) is 0. The maximum Gasteiger partial charge on any atom is 0.472 e. The van der Waals surface area contributed by atoms with Crippen molar-refractivity contribution in [3.05, 3.63) is 0 Å². The summed E-state index contributed by atoms with van der Waals surface area (Å²) < 4.78 is 33.6. The van der Waals surface area contributed by atoms with Crippen molar-refractivity contribution < 1.29 is 43.0 Å². The molecule has 0 aliphatic heterocycles. The Morgan fingerprint density at radius 3 is 0.985 bits per heavy atom. The molecule has 0 aliphatic rings. The number of rotatable bonds is 57. The molecule has 396 valence electrons. The van der Waals surface area contributed by atoms with Crippen LogP contribution in [-0.2, 0) is 27.9 Å². The molecule has 9 nitrogen and oxygen atoms in total. The van der Waals surface area contributed by atoms with Crippen molar-refractivity contribution in [2.75, 3.05) is 33.0 Å². The normalized spacial score (nSPS) is 13.6. The Balaban J connectivity index is 3.93. The van der Waals surface area contributed by atoms with Crippen LogP contribution >= 0.6 is 7.82 Å². The zero-order chi connectivity index (χ0) is 48.1. The third kappa shape index (κ3) is 52.8. The minimum Gasteiger partial charge on any atom is -0.457 e. The third-order valence-electron chi connectivity index (χ3n) is 13.3. The molecule has 0 aliphatic carbocycles. The summed E-state index contributed by atoms with van der Waals surface area (Å²) in [5.41, 5.74) is 0. The summed E-state index contributed by atoms with van der Waals surface area (Å²) in [6.07, 6.45) is 58.0. The second-order valence-corrected chi connectivity index (χ2v) is 21.5. The van der Waals surface area contributed by atoms with E-state index >= 15 is 0 Å². The van der Waals surface area contributed by atoms with Gasteiger partial charge in [-0.3, -0.25) is 13.8 Å². The molecule has 0 saturated heterocycles. The first-order chi connectivity index (χ1) is 32.3. The Morgan fingerprint density at radius 2 is 0.682 bits per heavy atom. The van der Waals surface area contributed by atoms with Gasteiger partial charge in [0.1, 0.15) is 12.2 Å². The number of carbonyl (C=O) groups excluding carboxylic acids is 1. The average Bonchev–Trinajstić information content (AvgIpc) is 3.31. The van der Waals surface area contributed by atoms with Gasteiger partial charge >= 0.3 is 13.8 Å². The van der Waals surface area contributed by atoms with Gasteiger partial charge < -0.3 is 24.6 Å². The molecule has 0 rings (SSSR count). The third-order valence-corrected chi connectivity index (χ3v) is 14.2. The molecule has 1 unspecified atom stereocenters. The molecule has 3 atom stereocenters. The standard InChI is InChI=1S/C56H113O9P/c1-3-5-7-9-11-13-15-17-19-21-23-25-26-27-28-29-30-32-34-36-38-40-42-44-46-48-56(59)65-55(53-64-66(60,61)63-51-54(58)50-57)52-62-49-47-45-43-41-39-37-35-33-31-24-22-20-18-16-14-12-10-8-6-4-2/h54-55,57-58H,3-53H2,1-2H3,(H,60,61)/t54-,55+/m0/s1. The molecule has 10 heteroatoms. The molecule has 0 spiro atoms. The first-order valence-electron chi connectivity index (χ1n) is 29.0. The second kappa shape index (κ2) is 53.8. The van der Waals surface area contributed by atoms with Crippen LogP contribution in [0.4, 0.5) is 0 Å². The van der Waals surface area contributed by atoms with Crippen molar-refractivity contribution in [3.63, 3.8) is 0 Å². The van der Waals surface area contributed by atoms with Gasteiger partial charge in [0.2, 0.25) is 0 Å². The van der Waals surface area contributed by atoms with E-state index < -0.39 is 33.2 Å². The average molecular weight is 961 g/mol. The van der Waals surface area contributed by atoms with Gasteiger partial charge in [-0.05, 0) is 12.8 Å². The molecule has 0 aromatic heterocycles. The predicted molar refractivity (Wildman–Crippen MR) is 279 cm³/mol. The van der Waals surface area contributed by atoms with Crippen LogP contribution in [0.2, 0.25) is 0 Å². The number of unbranched alkanes of at least 4 members (excludes halogenated alkanes) is 43. The number of hydrogen-bond acceptors (Lipinski definition) is 8. The SMILES string of the molecule is CCCCCCCCCCCCCCCCCCCCCCCCCCCC(=O)O[C@H](COCCCCCCCCCCCCCCCCCCCCCC)COP(=O)(O)OC[C@@H](O)CO. The van der Waals surface area contributed by atoms with Crippen LogP contribution in [0.3, 0.4) is 0 Å². The molecule has 0 radical (unpaired) electrons. The maximum absolute atomic E-state index is 12.7. The van der Waals surface area contributed by atoms with Crippen LogP contribution in [0.5, 0.6) is 0 Å². The van der Waals surface area contributed by atoms with Crippen LogP contribution in [0, 0.1) is 0 Å². The second-order valence-electron chi connectivity index (χ2n) is 20.0. The van der Waals surface area contributed by atoms with Gasteiger partial charge in [-0.25, -0.2) is 4.57 Å². The van der Waals surface area contributed by atoms with E-state index in [0.29, 0.717) is 6.61 Å². The molecule has 0 saturated carbocycles. The summed E-state index contributed by atoms with van der Waals surface area (Å²) in [7, 11) is -4.52. The van der Waals surface area contributed by atoms with Gasteiger partial charge in [-0.2, -0.15) is 0 Å². The highest BCUT2D eigenvalue weighted by Crippen LogP contribution is 2.43. The number of carbonyl (C=O) groups is 1. The molecule has 0 bridgehead atoms. The molecular formula is C56H113O9P. The molecule has 0 aromatic carbocycles. The Morgan fingerprint density at radius 1 is 0.409 bits per heavy atom. The van der Waals surface area contributed by atoms with Crippen molar-refractivity contribution >= 4 is 13.8 Å². The van der Waals surface area contributed by atoms with E-state index in [0.717, 1.165) is 32.1 Å². The number of ether oxygens (including phenoxy) is 2. The van der Waals surface area contributed by atoms with Gasteiger partial charge in [-0.1, -0.05) is 290 Å². The number of aliphatic hydroxyl groups is 2. The first kappa shape index (κ1) is 65.5. The minimum absolute atomic E-state index is 0.0591. The smallest absolute Gasteiger partial charge is 0.457 e. The number of hydrogen-bond donors (Lipinski definition) is 3. The van der Waals surface area contributed by atoms with E-state index in [2.05, 4.69) is 13.8 Å². The minimum atomic E-state index is -4.52. The molecule has 0 heterocycles. The van der Waals surface area contributed by atoms with E-state index in [9.17, 15) is 19.4 Å². The van der Waals surface area contributed by atoms with Crippen molar-refractivity contribution in [2.24, 2.45) is 0 Å².